The summed E-state index contributed by atoms with van der Waals surface area (Å²) in [5.74, 6) is 1.25. The van der Waals surface area contributed by atoms with Gasteiger partial charge in [-0.05, 0) is 19.9 Å². The van der Waals surface area contributed by atoms with Crippen LogP contribution in [0.3, 0.4) is 0 Å². The first kappa shape index (κ1) is 15.5. The van der Waals surface area contributed by atoms with Crippen LogP contribution in [-0.4, -0.2) is 43.8 Å². The van der Waals surface area contributed by atoms with E-state index < -0.39 is 9.84 Å². The first-order valence-corrected chi connectivity index (χ1v) is 7.85. The molecule has 0 spiro atoms. The first-order chi connectivity index (χ1) is 6.89. The molecule has 0 radical (unpaired) electrons. The van der Waals surface area contributed by atoms with Gasteiger partial charge in [0.15, 0.2) is 0 Å². The number of sulfone groups is 1. The lowest BCUT2D eigenvalue weighted by atomic mass is 10.1. The van der Waals surface area contributed by atoms with Gasteiger partial charge in [-0.2, -0.15) is 0 Å². The van der Waals surface area contributed by atoms with Crippen molar-refractivity contribution in [2.24, 2.45) is 0 Å². The minimum atomic E-state index is -2.86. The van der Waals surface area contributed by atoms with E-state index in [2.05, 4.69) is 5.32 Å². The molecule has 1 N–H and O–H groups in total. The molecule has 0 aromatic carbocycles. The molecule has 0 bridgehead atoms. The van der Waals surface area contributed by atoms with Crippen LogP contribution >= 0.6 is 23.2 Å². The average Bonchev–Trinajstić information content (AvgIpc) is 2.24. The predicted octanol–water partition coefficient (Wildman–Crippen LogP) is 1.64. The van der Waals surface area contributed by atoms with E-state index in [0.717, 1.165) is 0 Å². The molecule has 0 aromatic rings. The Bertz CT molecular complexity index is 263. The number of rotatable bonds is 8. The fraction of sp³-hybridized carbons (Fsp3) is 1.00. The van der Waals surface area contributed by atoms with Gasteiger partial charge in [-0.15, -0.1) is 23.2 Å². The summed E-state index contributed by atoms with van der Waals surface area (Å²) < 4.78 is 22.4. The molecule has 0 aromatic heterocycles. The van der Waals surface area contributed by atoms with Gasteiger partial charge in [0.1, 0.15) is 9.84 Å². The van der Waals surface area contributed by atoms with Crippen molar-refractivity contribution in [3.05, 3.63) is 0 Å². The van der Waals surface area contributed by atoms with Crippen molar-refractivity contribution in [2.45, 2.75) is 25.8 Å². The van der Waals surface area contributed by atoms with Gasteiger partial charge in [0.25, 0.3) is 0 Å². The zero-order valence-corrected chi connectivity index (χ0v) is 11.6. The van der Waals surface area contributed by atoms with Gasteiger partial charge in [-0.25, -0.2) is 8.42 Å². The number of hydrogen-bond donors (Lipinski definition) is 1. The van der Waals surface area contributed by atoms with E-state index in [0.29, 0.717) is 24.7 Å². The Balaban J connectivity index is 3.81. The zero-order valence-electron chi connectivity index (χ0n) is 9.22. The molecule has 0 saturated heterocycles. The molecule has 0 atom stereocenters. The quantitative estimate of drug-likeness (QED) is 0.541. The third-order valence-corrected chi connectivity index (χ3v) is 5.18. The van der Waals surface area contributed by atoms with Crippen LogP contribution in [0.1, 0.15) is 20.3 Å². The summed E-state index contributed by atoms with van der Waals surface area (Å²) in [7, 11) is -2.86. The summed E-state index contributed by atoms with van der Waals surface area (Å²) >= 11 is 11.5. The maximum atomic E-state index is 11.2. The van der Waals surface area contributed by atoms with E-state index in [1.165, 1.54) is 0 Å². The molecule has 0 unspecified atom stereocenters. The zero-order chi connectivity index (χ0) is 11.9. The molecule has 0 rings (SSSR count). The van der Waals surface area contributed by atoms with Gasteiger partial charge >= 0.3 is 0 Å². The van der Waals surface area contributed by atoms with Gasteiger partial charge in [0.05, 0.1) is 5.75 Å². The van der Waals surface area contributed by atoms with Gasteiger partial charge in [-0.1, -0.05) is 6.92 Å². The molecule has 0 aliphatic carbocycles. The summed E-state index contributed by atoms with van der Waals surface area (Å²) in [6.45, 7) is 4.20. The Labute approximate surface area is 102 Å². The van der Waals surface area contributed by atoms with Crippen molar-refractivity contribution >= 4 is 33.0 Å². The lowest BCUT2D eigenvalue weighted by Gasteiger charge is -2.25. The Kier molecular flexibility index (Phi) is 7.17. The second-order valence-electron chi connectivity index (χ2n) is 3.84. The van der Waals surface area contributed by atoms with E-state index in [1.54, 1.807) is 6.92 Å². The highest BCUT2D eigenvalue weighted by Crippen LogP contribution is 2.08. The standard InChI is InChI=1S/C9H19Cl2NO2S/c1-3-15(13,14)6-4-5-12-9(2,7-10)8-11/h12H,3-8H2,1-2H3. The highest BCUT2D eigenvalue weighted by atomic mass is 35.5. The predicted molar refractivity (Wildman–Crippen MR) is 66.8 cm³/mol. The van der Waals surface area contributed by atoms with Crippen LogP contribution < -0.4 is 5.32 Å². The van der Waals surface area contributed by atoms with E-state index in [9.17, 15) is 8.42 Å². The first-order valence-electron chi connectivity index (χ1n) is 4.96. The molecule has 0 amide bonds. The molecule has 0 aliphatic heterocycles. The maximum Gasteiger partial charge on any atom is 0.150 e. The second kappa shape index (κ2) is 6.94. The lowest BCUT2D eigenvalue weighted by molar-refractivity contribution is 0.437. The summed E-state index contributed by atoms with van der Waals surface area (Å²) in [4.78, 5) is 0. The Hall–Kier alpha value is 0.490. The molecule has 6 heteroatoms. The number of alkyl halides is 2. The minimum Gasteiger partial charge on any atom is -0.309 e. The molecule has 15 heavy (non-hydrogen) atoms. The van der Waals surface area contributed by atoms with Crippen LogP contribution in [-0.2, 0) is 9.84 Å². The highest BCUT2D eigenvalue weighted by molar-refractivity contribution is 7.91. The second-order valence-corrected chi connectivity index (χ2v) is 6.85. The van der Waals surface area contributed by atoms with Crippen LogP contribution in [0, 0.1) is 0 Å². The molecular formula is C9H19Cl2NO2S. The SMILES string of the molecule is CCS(=O)(=O)CCCNC(C)(CCl)CCl. The van der Waals surface area contributed by atoms with Crippen molar-refractivity contribution in [3.63, 3.8) is 0 Å². The van der Waals surface area contributed by atoms with Crippen LogP contribution in [0.4, 0.5) is 0 Å². The molecule has 0 heterocycles. The number of halogens is 2. The Morgan fingerprint density at radius 2 is 1.80 bits per heavy atom. The van der Waals surface area contributed by atoms with Crippen LogP contribution in [0.25, 0.3) is 0 Å². The van der Waals surface area contributed by atoms with Crippen molar-refractivity contribution in [1.82, 2.24) is 5.32 Å². The summed E-state index contributed by atoms with van der Waals surface area (Å²) in [6.07, 6.45) is 0.597. The molecular weight excluding hydrogens is 257 g/mol. The molecule has 0 aliphatic rings. The van der Waals surface area contributed by atoms with Crippen molar-refractivity contribution in [3.8, 4) is 0 Å². The normalized spacial score (nSPS) is 13.1. The maximum absolute atomic E-state index is 11.2. The summed E-state index contributed by atoms with van der Waals surface area (Å²) in [5.41, 5.74) is -0.306. The van der Waals surface area contributed by atoms with Gasteiger partial charge in [0, 0.05) is 23.1 Å². The van der Waals surface area contributed by atoms with Gasteiger partial charge in [0.2, 0.25) is 0 Å². The van der Waals surface area contributed by atoms with E-state index in [4.69, 9.17) is 23.2 Å². The fourth-order valence-corrected chi connectivity index (χ4v) is 2.30. The lowest BCUT2D eigenvalue weighted by Crippen LogP contribution is -2.46. The third kappa shape index (κ3) is 6.61. The fourth-order valence-electron chi connectivity index (χ4n) is 0.957. The minimum absolute atomic E-state index is 0.204. The van der Waals surface area contributed by atoms with E-state index in [-0.39, 0.29) is 17.0 Å². The number of hydrogen-bond acceptors (Lipinski definition) is 3. The van der Waals surface area contributed by atoms with E-state index in [1.807, 2.05) is 6.92 Å². The van der Waals surface area contributed by atoms with Gasteiger partial charge < -0.3 is 5.32 Å². The summed E-state index contributed by atoms with van der Waals surface area (Å²) in [5, 5.41) is 3.16. The monoisotopic (exact) mass is 275 g/mol. The Morgan fingerprint density at radius 3 is 2.20 bits per heavy atom. The van der Waals surface area contributed by atoms with Crippen molar-refractivity contribution in [1.29, 1.82) is 0 Å². The van der Waals surface area contributed by atoms with Gasteiger partial charge in [-0.3, -0.25) is 0 Å². The van der Waals surface area contributed by atoms with Crippen molar-refractivity contribution < 1.29 is 8.42 Å². The van der Waals surface area contributed by atoms with Crippen molar-refractivity contribution in [2.75, 3.05) is 29.8 Å². The number of nitrogens with one attached hydrogen (secondary N) is 1. The molecule has 92 valence electrons. The molecule has 0 saturated carbocycles. The topological polar surface area (TPSA) is 46.2 Å². The van der Waals surface area contributed by atoms with Crippen LogP contribution in [0.2, 0.25) is 0 Å². The van der Waals surface area contributed by atoms with Crippen LogP contribution in [0.15, 0.2) is 0 Å². The smallest absolute Gasteiger partial charge is 0.150 e. The largest absolute Gasteiger partial charge is 0.309 e. The third-order valence-electron chi connectivity index (χ3n) is 2.21. The van der Waals surface area contributed by atoms with Crippen LogP contribution in [0.5, 0.6) is 0 Å². The highest BCUT2D eigenvalue weighted by Gasteiger charge is 2.20. The average molecular weight is 276 g/mol. The molecule has 3 nitrogen and oxygen atoms in total. The molecule has 0 fully saturated rings. The van der Waals surface area contributed by atoms with E-state index >= 15 is 0 Å². The Morgan fingerprint density at radius 1 is 1.27 bits per heavy atom. The summed E-state index contributed by atoms with van der Waals surface area (Å²) in [6, 6.07) is 0.